The van der Waals surface area contributed by atoms with Crippen molar-refractivity contribution in [3.8, 4) is 0 Å². The van der Waals surface area contributed by atoms with E-state index < -0.39 is 13.7 Å². The van der Waals surface area contributed by atoms with Crippen LogP contribution in [-0.4, -0.2) is 53.1 Å². The first-order valence-electron chi connectivity index (χ1n) is 10.4. The summed E-state index contributed by atoms with van der Waals surface area (Å²) < 4.78 is 31.0. The van der Waals surface area contributed by atoms with Gasteiger partial charge in [-0.1, -0.05) is 40.0 Å². The first-order chi connectivity index (χ1) is 12.3. The van der Waals surface area contributed by atoms with E-state index in [0.29, 0.717) is 19.8 Å². The second kappa shape index (κ2) is 14.1. The molecule has 0 aromatic carbocycles. The molecular formula is C20H44O5Si. The van der Waals surface area contributed by atoms with Gasteiger partial charge in [0.15, 0.2) is 6.29 Å². The van der Waals surface area contributed by atoms with Crippen LogP contribution in [0.1, 0.15) is 73.1 Å². The minimum absolute atomic E-state index is 0.228. The van der Waals surface area contributed by atoms with Crippen molar-refractivity contribution >= 4 is 8.32 Å². The highest BCUT2D eigenvalue weighted by molar-refractivity contribution is 6.73. The molecule has 5 nitrogen and oxygen atoms in total. The van der Waals surface area contributed by atoms with Crippen LogP contribution >= 0.6 is 0 Å². The SMILES string of the molecule is CCCCOC(C)C(OCCCC)(OC(CCC)OC)[Si](C)(C)OCC. The summed E-state index contributed by atoms with van der Waals surface area (Å²) in [4.78, 5) is 0. The molecule has 0 fully saturated rings. The summed E-state index contributed by atoms with van der Waals surface area (Å²) >= 11 is 0. The second-order valence-corrected chi connectivity index (χ2v) is 11.3. The predicted octanol–water partition coefficient (Wildman–Crippen LogP) is 5.27. The number of rotatable bonds is 17. The molecular weight excluding hydrogens is 348 g/mol. The normalized spacial score (nSPS) is 17.1. The predicted molar refractivity (Wildman–Crippen MR) is 110 cm³/mol. The van der Waals surface area contributed by atoms with Gasteiger partial charge in [-0.3, -0.25) is 0 Å². The molecule has 0 amide bonds. The quantitative estimate of drug-likeness (QED) is 0.192. The molecule has 0 aromatic rings. The van der Waals surface area contributed by atoms with Crippen molar-refractivity contribution in [2.75, 3.05) is 26.9 Å². The Hall–Kier alpha value is 0.0169. The molecule has 0 bridgehead atoms. The molecule has 6 heteroatoms. The Morgan fingerprint density at radius 2 is 1.54 bits per heavy atom. The Balaban J connectivity index is 5.71. The van der Waals surface area contributed by atoms with E-state index in [2.05, 4.69) is 33.9 Å². The smallest absolute Gasteiger partial charge is 0.254 e. The van der Waals surface area contributed by atoms with Crippen molar-refractivity contribution in [1.82, 2.24) is 0 Å². The minimum atomic E-state index is -2.41. The highest BCUT2D eigenvalue weighted by atomic mass is 28.4. The maximum absolute atomic E-state index is 6.55. The van der Waals surface area contributed by atoms with E-state index in [4.69, 9.17) is 23.4 Å². The molecule has 0 spiro atoms. The van der Waals surface area contributed by atoms with Crippen LogP contribution in [0.15, 0.2) is 0 Å². The van der Waals surface area contributed by atoms with Gasteiger partial charge in [-0.15, -0.1) is 0 Å². The molecule has 26 heavy (non-hydrogen) atoms. The standard InChI is InChI=1S/C20H44O5Si/c1-9-13-16-22-18(5)20(23-17-14-10-2,26(7,8)24-12-4)25-19(21-6)15-11-3/h18-19H,9-17H2,1-8H3. The summed E-state index contributed by atoms with van der Waals surface area (Å²) in [7, 11) is -0.724. The fourth-order valence-electron chi connectivity index (χ4n) is 3.05. The van der Waals surface area contributed by atoms with E-state index in [1.54, 1.807) is 7.11 Å². The molecule has 0 N–H and O–H groups in total. The van der Waals surface area contributed by atoms with E-state index in [-0.39, 0.29) is 12.4 Å². The van der Waals surface area contributed by atoms with E-state index in [1.807, 2.05) is 13.8 Å². The van der Waals surface area contributed by atoms with E-state index >= 15 is 0 Å². The van der Waals surface area contributed by atoms with E-state index in [1.165, 1.54) is 0 Å². The van der Waals surface area contributed by atoms with Crippen molar-refractivity contribution < 1.29 is 23.4 Å². The zero-order valence-electron chi connectivity index (χ0n) is 18.6. The van der Waals surface area contributed by atoms with Crippen LogP contribution in [0.2, 0.25) is 13.1 Å². The Kier molecular flexibility index (Phi) is 14.1. The van der Waals surface area contributed by atoms with Crippen molar-refractivity contribution in [3.63, 3.8) is 0 Å². The lowest BCUT2D eigenvalue weighted by Crippen LogP contribution is -2.67. The van der Waals surface area contributed by atoms with Crippen LogP contribution in [0.4, 0.5) is 0 Å². The average Bonchev–Trinajstić information content (AvgIpc) is 2.60. The molecule has 0 saturated carbocycles. The largest absolute Gasteiger partial charge is 0.411 e. The van der Waals surface area contributed by atoms with Crippen LogP contribution in [0.3, 0.4) is 0 Å². The third-order valence-electron chi connectivity index (χ3n) is 4.65. The van der Waals surface area contributed by atoms with Crippen LogP contribution in [0, 0.1) is 0 Å². The van der Waals surface area contributed by atoms with E-state index in [0.717, 1.165) is 38.5 Å². The fraction of sp³-hybridized carbons (Fsp3) is 1.00. The molecule has 0 aliphatic heterocycles. The molecule has 3 unspecified atom stereocenters. The van der Waals surface area contributed by atoms with Gasteiger partial charge < -0.3 is 23.4 Å². The maximum atomic E-state index is 6.55. The number of methoxy groups -OCH3 is 1. The molecule has 0 heterocycles. The summed E-state index contributed by atoms with van der Waals surface area (Å²) in [5.41, 5.74) is -0.901. The molecule has 158 valence electrons. The summed E-state index contributed by atoms with van der Waals surface area (Å²) in [5.74, 6) is 0. The lowest BCUT2D eigenvalue weighted by molar-refractivity contribution is -0.309. The summed E-state index contributed by atoms with van der Waals surface area (Å²) in [6.45, 7) is 16.8. The minimum Gasteiger partial charge on any atom is -0.411 e. The fourth-order valence-corrected chi connectivity index (χ4v) is 5.90. The lowest BCUT2D eigenvalue weighted by atomic mass is 10.3. The van der Waals surface area contributed by atoms with Crippen molar-refractivity contribution in [3.05, 3.63) is 0 Å². The van der Waals surface area contributed by atoms with Gasteiger partial charge in [-0.25, -0.2) is 0 Å². The molecule has 0 saturated heterocycles. The van der Waals surface area contributed by atoms with Crippen molar-refractivity contribution in [1.29, 1.82) is 0 Å². The van der Waals surface area contributed by atoms with Crippen molar-refractivity contribution in [2.45, 2.75) is 104 Å². The highest BCUT2D eigenvalue weighted by Gasteiger charge is 2.57. The lowest BCUT2D eigenvalue weighted by Gasteiger charge is -2.48. The number of unbranched alkanes of at least 4 members (excludes halogenated alkanes) is 2. The Morgan fingerprint density at radius 3 is 2.04 bits per heavy atom. The maximum Gasteiger partial charge on any atom is 0.254 e. The first kappa shape index (κ1) is 26.0. The molecule has 0 aliphatic carbocycles. The van der Waals surface area contributed by atoms with Crippen molar-refractivity contribution in [2.24, 2.45) is 0 Å². The molecule has 0 radical (unpaired) electrons. The number of hydrogen-bond acceptors (Lipinski definition) is 5. The monoisotopic (exact) mass is 392 g/mol. The Bertz CT molecular complexity index is 340. The van der Waals surface area contributed by atoms with Gasteiger partial charge in [0.05, 0.1) is 0 Å². The van der Waals surface area contributed by atoms with Gasteiger partial charge in [-0.2, -0.15) is 0 Å². The number of ether oxygens (including phenoxy) is 4. The van der Waals surface area contributed by atoms with Crippen LogP contribution in [0.5, 0.6) is 0 Å². The molecule has 0 aliphatic rings. The Labute approximate surface area is 163 Å². The van der Waals surface area contributed by atoms with Gasteiger partial charge in [0.25, 0.3) is 8.32 Å². The third-order valence-corrected chi connectivity index (χ3v) is 8.01. The summed E-state index contributed by atoms with van der Waals surface area (Å²) in [5, 5.41) is 0. The zero-order valence-corrected chi connectivity index (χ0v) is 19.6. The third kappa shape index (κ3) is 7.95. The molecule has 3 atom stereocenters. The average molecular weight is 393 g/mol. The molecule has 0 aromatic heterocycles. The highest BCUT2D eigenvalue weighted by Crippen LogP contribution is 2.35. The first-order valence-corrected chi connectivity index (χ1v) is 13.4. The summed E-state index contributed by atoms with van der Waals surface area (Å²) in [6.07, 6.45) is 5.41. The second-order valence-electron chi connectivity index (χ2n) is 7.25. The van der Waals surface area contributed by atoms with Gasteiger partial charge in [0.2, 0.25) is 5.41 Å². The van der Waals surface area contributed by atoms with Crippen LogP contribution in [0.25, 0.3) is 0 Å². The van der Waals surface area contributed by atoms with E-state index in [9.17, 15) is 0 Å². The summed E-state index contributed by atoms with van der Waals surface area (Å²) in [6, 6.07) is 0. The number of hydrogen-bond donors (Lipinski definition) is 0. The van der Waals surface area contributed by atoms with Gasteiger partial charge in [-0.05, 0) is 46.2 Å². The Morgan fingerprint density at radius 1 is 0.923 bits per heavy atom. The topological polar surface area (TPSA) is 46.2 Å². The van der Waals surface area contributed by atoms with Gasteiger partial charge >= 0.3 is 0 Å². The van der Waals surface area contributed by atoms with Crippen LogP contribution < -0.4 is 0 Å². The van der Waals surface area contributed by atoms with Gasteiger partial charge in [0.1, 0.15) is 6.10 Å². The van der Waals surface area contributed by atoms with Gasteiger partial charge in [0, 0.05) is 26.9 Å². The zero-order chi connectivity index (χ0) is 20.1. The van der Waals surface area contributed by atoms with Crippen LogP contribution in [-0.2, 0) is 23.4 Å². The molecule has 0 rings (SSSR count).